The van der Waals surface area contributed by atoms with Crippen molar-refractivity contribution in [2.24, 2.45) is 0 Å². The molecular formula is C12H11ClFN3. The van der Waals surface area contributed by atoms with Crippen molar-refractivity contribution in [2.45, 2.75) is 6.92 Å². The van der Waals surface area contributed by atoms with Crippen LogP contribution in [0, 0.1) is 12.7 Å². The second kappa shape index (κ2) is 4.59. The molecule has 0 spiro atoms. The number of benzene rings is 1. The number of nitrogens with two attached hydrogens (primary N) is 1. The number of halogens is 2. The second-order valence-corrected chi connectivity index (χ2v) is 4.09. The fourth-order valence-electron chi connectivity index (χ4n) is 1.45. The molecule has 0 fully saturated rings. The van der Waals surface area contributed by atoms with Gasteiger partial charge in [0.2, 0.25) is 0 Å². The summed E-state index contributed by atoms with van der Waals surface area (Å²) in [6.07, 6.45) is 1.55. The first-order valence-corrected chi connectivity index (χ1v) is 5.38. The number of nitrogen functional groups attached to an aromatic ring is 1. The Kier molecular flexibility index (Phi) is 3.15. The Bertz CT molecular complexity index is 508. The van der Waals surface area contributed by atoms with Gasteiger partial charge in [0.15, 0.2) is 0 Å². The van der Waals surface area contributed by atoms with E-state index in [1.165, 1.54) is 12.1 Å². The van der Waals surface area contributed by atoms with Crippen LogP contribution in [-0.4, -0.2) is 4.98 Å². The topological polar surface area (TPSA) is 50.9 Å². The molecule has 5 heteroatoms. The predicted octanol–water partition coefficient (Wildman–Crippen LogP) is 3.51. The summed E-state index contributed by atoms with van der Waals surface area (Å²) in [4.78, 5) is 4.15. The number of aryl methyl sites for hydroxylation is 1. The molecule has 0 atom stereocenters. The van der Waals surface area contributed by atoms with Crippen molar-refractivity contribution in [2.75, 3.05) is 11.1 Å². The van der Waals surface area contributed by atoms with Crippen LogP contribution in [0.4, 0.5) is 21.6 Å². The van der Waals surface area contributed by atoms with E-state index in [0.717, 1.165) is 5.56 Å². The SMILES string of the molecule is Cc1cc(N)cnc1Nc1ccc(F)cc1Cl. The van der Waals surface area contributed by atoms with Crippen molar-refractivity contribution < 1.29 is 4.39 Å². The Hall–Kier alpha value is -1.81. The zero-order valence-electron chi connectivity index (χ0n) is 9.17. The number of nitrogens with one attached hydrogen (secondary N) is 1. The zero-order valence-corrected chi connectivity index (χ0v) is 9.92. The van der Waals surface area contributed by atoms with E-state index in [1.54, 1.807) is 18.3 Å². The fourth-order valence-corrected chi connectivity index (χ4v) is 1.66. The molecule has 0 saturated carbocycles. The van der Waals surface area contributed by atoms with Crippen LogP contribution in [-0.2, 0) is 0 Å². The third-order valence-electron chi connectivity index (χ3n) is 2.28. The molecule has 3 nitrogen and oxygen atoms in total. The van der Waals surface area contributed by atoms with Gasteiger partial charge in [0.25, 0.3) is 0 Å². The number of pyridine rings is 1. The first-order valence-electron chi connectivity index (χ1n) is 5.00. The summed E-state index contributed by atoms with van der Waals surface area (Å²) in [5, 5.41) is 3.34. The first kappa shape index (κ1) is 11.7. The van der Waals surface area contributed by atoms with Crippen LogP contribution in [0.5, 0.6) is 0 Å². The lowest BCUT2D eigenvalue weighted by atomic mass is 10.2. The van der Waals surface area contributed by atoms with Gasteiger partial charge in [-0.05, 0) is 36.8 Å². The standard InChI is InChI=1S/C12H11ClFN3/c1-7-4-9(15)6-16-12(7)17-11-3-2-8(14)5-10(11)13/h2-6H,15H2,1H3,(H,16,17). The third-order valence-corrected chi connectivity index (χ3v) is 2.60. The number of hydrogen-bond acceptors (Lipinski definition) is 3. The zero-order chi connectivity index (χ0) is 12.4. The summed E-state index contributed by atoms with van der Waals surface area (Å²) in [6.45, 7) is 1.88. The molecule has 0 bridgehead atoms. The molecule has 0 aliphatic heterocycles. The molecule has 0 saturated heterocycles. The summed E-state index contributed by atoms with van der Waals surface area (Å²) in [6, 6.07) is 5.94. The lowest BCUT2D eigenvalue weighted by Crippen LogP contribution is -1.98. The monoisotopic (exact) mass is 251 g/mol. The lowest BCUT2D eigenvalue weighted by Gasteiger charge is -2.10. The Morgan fingerprint density at radius 1 is 1.35 bits per heavy atom. The van der Waals surface area contributed by atoms with Crippen LogP contribution in [0.25, 0.3) is 0 Å². The number of hydrogen-bond donors (Lipinski definition) is 2. The van der Waals surface area contributed by atoms with Gasteiger partial charge in [-0.1, -0.05) is 11.6 Å². The van der Waals surface area contributed by atoms with Crippen LogP contribution in [0.3, 0.4) is 0 Å². The average Bonchev–Trinajstić information content (AvgIpc) is 2.25. The van der Waals surface area contributed by atoms with Gasteiger partial charge >= 0.3 is 0 Å². The van der Waals surface area contributed by atoms with E-state index in [-0.39, 0.29) is 5.82 Å². The third kappa shape index (κ3) is 2.65. The lowest BCUT2D eigenvalue weighted by molar-refractivity contribution is 0.628. The molecule has 0 amide bonds. The summed E-state index contributed by atoms with van der Waals surface area (Å²) < 4.78 is 12.9. The molecule has 0 aliphatic carbocycles. The molecule has 1 aromatic carbocycles. The minimum absolute atomic E-state index is 0.308. The highest BCUT2D eigenvalue weighted by molar-refractivity contribution is 6.33. The Labute approximate surface area is 103 Å². The Morgan fingerprint density at radius 3 is 2.76 bits per heavy atom. The van der Waals surface area contributed by atoms with Gasteiger partial charge in [-0.3, -0.25) is 0 Å². The van der Waals surface area contributed by atoms with Crippen molar-refractivity contribution in [3.05, 3.63) is 46.9 Å². The predicted molar refractivity (Wildman–Crippen MR) is 68.1 cm³/mol. The number of anilines is 3. The molecule has 17 heavy (non-hydrogen) atoms. The molecular weight excluding hydrogens is 241 g/mol. The van der Waals surface area contributed by atoms with E-state index in [1.807, 2.05) is 6.92 Å². The molecule has 0 unspecified atom stereocenters. The van der Waals surface area contributed by atoms with E-state index < -0.39 is 0 Å². The maximum Gasteiger partial charge on any atom is 0.133 e. The number of nitrogens with zero attached hydrogens (tertiary/aromatic N) is 1. The van der Waals surface area contributed by atoms with E-state index >= 15 is 0 Å². The van der Waals surface area contributed by atoms with Gasteiger partial charge < -0.3 is 11.1 Å². The summed E-state index contributed by atoms with van der Waals surface area (Å²) >= 11 is 5.91. The quantitative estimate of drug-likeness (QED) is 0.859. The van der Waals surface area contributed by atoms with Crippen molar-refractivity contribution in [3.8, 4) is 0 Å². The minimum atomic E-state index is -0.373. The minimum Gasteiger partial charge on any atom is -0.397 e. The molecule has 88 valence electrons. The molecule has 0 aliphatic rings. The fraction of sp³-hybridized carbons (Fsp3) is 0.0833. The Morgan fingerprint density at radius 2 is 2.12 bits per heavy atom. The smallest absolute Gasteiger partial charge is 0.133 e. The summed E-state index contributed by atoms with van der Waals surface area (Å²) in [5.41, 5.74) is 7.70. The van der Waals surface area contributed by atoms with Crippen molar-refractivity contribution in [1.82, 2.24) is 4.98 Å². The highest BCUT2D eigenvalue weighted by Gasteiger charge is 2.05. The van der Waals surface area contributed by atoms with E-state index in [0.29, 0.717) is 22.2 Å². The summed E-state index contributed by atoms with van der Waals surface area (Å²) in [5.74, 6) is 0.273. The van der Waals surface area contributed by atoms with E-state index in [2.05, 4.69) is 10.3 Å². The summed E-state index contributed by atoms with van der Waals surface area (Å²) in [7, 11) is 0. The normalized spacial score (nSPS) is 10.3. The van der Waals surface area contributed by atoms with Crippen molar-refractivity contribution in [1.29, 1.82) is 0 Å². The molecule has 0 radical (unpaired) electrons. The van der Waals surface area contributed by atoms with Crippen LogP contribution in [0.15, 0.2) is 30.5 Å². The van der Waals surface area contributed by atoms with Crippen LogP contribution in [0.1, 0.15) is 5.56 Å². The van der Waals surface area contributed by atoms with Crippen molar-refractivity contribution >= 4 is 28.8 Å². The van der Waals surface area contributed by atoms with Gasteiger partial charge in [-0.15, -0.1) is 0 Å². The highest BCUT2D eigenvalue weighted by Crippen LogP contribution is 2.26. The average molecular weight is 252 g/mol. The molecule has 2 rings (SSSR count). The maximum atomic E-state index is 12.9. The largest absolute Gasteiger partial charge is 0.397 e. The number of rotatable bonds is 2. The molecule has 1 heterocycles. The van der Waals surface area contributed by atoms with Gasteiger partial charge in [-0.25, -0.2) is 9.37 Å². The van der Waals surface area contributed by atoms with E-state index in [4.69, 9.17) is 17.3 Å². The molecule has 2 aromatic rings. The van der Waals surface area contributed by atoms with Gasteiger partial charge in [0.05, 0.1) is 22.6 Å². The van der Waals surface area contributed by atoms with Gasteiger partial charge in [0, 0.05) is 0 Å². The van der Waals surface area contributed by atoms with Crippen LogP contribution in [0.2, 0.25) is 5.02 Å². The van der Waals surface area contributed by atoms with Crippen LogP contribution < -0.4 is 11.1 Å². The van der Waals surface area contributed by atoms with Crippen molar-refractivity contribution in [3.63, 3.8) is 0 Å². The molecule has 3 N–H and O–H groups in total. The van der Waals surface area contributed by atoms with Crippen LogP contribution >= 0.6 is 11.6 Å². The first-order chi connectivity index (χ1) is 8.06. The van der Waals surface area contributed by atoms with Gasteiger partial charge in [-0.2, -0.15) is 0 Å². The van der Waals surface area contributed by atoms with Gasteiger partial charge in [0.1, 0.15) is 11.6 Å². The molecule has 1 aromatic heterocycles. The van der Waals surface area contributed by atoms with E-state index in [9.17, 15) is 4.39 Å². The maximum absolute atomic E-state index is 12.9. The second-order valence-electron chi connectivity index (χ2n) is 3.68. The Balaban J connectivity index is 2.31. The highest BCUT2D eigenvalue weighted by atomic mass is 35.5. The number of aromatic nitrogens is 1.